The summed E-state index contributed by atoms with van der Waals surface area (Å²) < 4.78 is 0. The monoisotopic (exact) mass is 984 g/mol. The van der Waals surface area contributed by atoms with Crippen LogP contribution in [0.1, 0.15) is 0 Å². The molecule has 0 saturated heterocycles. The molecular weight excluding hydrogens is 937 g/mol. The van der Waals surface area contributed by atoms with Crippen molar-refractivity contribution in [2.45, 2.75) is 0 Å². The molecule has 0 amide bonds. The molecule has 0 N–H and O–H groups in total. The van der Waals surface area contributed by atoms with Crippen LogP contribution in [0.25, 0.3) is 0 Å². The Morgan fingerprint density at radius 1 is 0.155 bits per heavy atom. The van der Waals surface area contributed by atoms with Crippen molar-refractivity contribution in [2.24, 2.45) is 0 Å². The molecule has 0 nitrogen and oxygen atoms in total. The molecule has 0 unspecified atom stereocenters. The maximum atomic E-state index is 2.51. The Morgan fingerprint density at radius 2 is 0.259 bits per heavy atom. The number of hydrogen-bond acceptors (Lipinski definition) is 0. The second kappa shape index (κ2) is 17.4. The summed E-state index contributed by atoms with van der Waals surface area (Å²) in [5.41, 5.74) is 0. The van der Waals surface area contributed by atoms with Crippen LogP contribution in [0.15, 0.2) is 273 Å². The van der Waals surface area contributed by atoms with Crippen LogP contribution in [0.4, 0.5) is 0 Å². The van der Waals surface area contributed by atoms with Crippen molar-refractivity contribution in [1.29, 1.82) is 0 Å². The third-order valence-electron chi connectivity index (χ3n) is 11.1. The van der Waals surface area contributed by atoms with E-state index in [0.717, 1.165) is 0 Å². The molecule has 9 rings (SSSR count). The van der Waals surface area contributed by atoms with Crippen LogP contribution >= 0.6 is 16.1 Å². The number of hydrogen-bond donors (Lipinski definition) is 0. The van der Waals surface area contributed by atoms with Crippen LogP contribution in [0.3, 0.4) is 0 Å². The number of rotatable bonds is 12. The molecule has 0 atom stereocenters. The van der Waals surface area contributed by atoms with Crippen LogP contribution < -0.4 is 47.7 Å². The first kappa shape index (κ1) is 38.5. The van der Waals surface area contributed by atoms with Gasteiger partial charge in [0.05, 0.1) is 0 Å². The van der Waals surface area contributed by atoms with Crippen molar-refractivity contribution in [3.63, 3.8) is 0 Å². The molecule has 0 aromatic heterocycles. The van der Waals surface area contributed by atoms with E-state index in [2.05, 4.69) is 273 Å². The van der Waals surface area contributed by atoms with Gasteiger partial charge in [0, 0.05) is 0 Å². The predicted octanol–water partition coefficient (Wildman–Crippen LogP) is 9.53. The van der Waals surface area contributed by atoms with Gasteiger partial charge in [-0.15, -0.1) is 0 Å². The Kier molecular flexibility index (Phi) is 11.6. The van der Waals surface area contributed by atoms with Crippen molar-refractivity contribution in [1.82, 2.24) is 0 Å². The molecule has 289 valence electrons. The van der Waals surface area contributed by atoms with E-state index in [9.17, 15) is 0 Å². The van der Waals surface area contributed by atoms with E-state index < -0.39 is 31.9 Å². The van der Waals surface area contributed by atoms with E-state index in [4.69, 9.17) is 0 Å². The Hall–Kier alpha value is -5.04. The van der Waals surface area contributed by atoms with Gasteiger partial charge in [0.25, 0.3) is 0 Å². The van der Waals surface area contributed by atoms with Gasteiger partial charge in [-0.2, -0.15) is 0 Å². The average Bonchev–Trinajstić information content (AvgIpc) is 3.33. The minimum atomic E-state index is -3.14. The van der Waals surface area contributed by atoms with Crippen molar-refractivity contribution in [2.75, 3.05) is 0 Å². The Labute approximate surface area is 350 Å². The molecule has 4 heteroatoms. The molecule has 0 fully saturated rings. The fourth-order valence-electron chi connectivity index (χ4n) is 8.77. The molecule has 9 aromatic rings. The zero-order chi connectivity index (χ0) is 39.1. The zero-order valence-electron chi connectivity index (χ0n) is 32.3. The summed E-state index contributed by atoms with van der Waals surface area (Å²) in [6, 6.07) is 107. The number of benzene rings is 9. The second-order valence-corrected chi connectivity index (χ2v) is 55.8. The van der Waals surface area contributed by atoms with Crippen molar-refractivity contribution in [3.8, 4) is 0 Å². The van der Waals surface area contributed by atoms with Crippen LogP contribution in [-0.4, -0.2) is 0 Å². The molecule has 0 aliphatic rings. The molecule has 9 aromatic carbocycles. The topological polar surface area (TPSA) is 0 Å². The third kappa shape index (κ3) is 6.59. The fraction of sp³-hybridized carbons (Fsp3) is 0. The molecule has 0 radical (unpaired) electrons. The summed E-state index contributed by atoms with van der Waals surface area (Å²) in [5.74, 6) is 0. The summed E-state index contributed by atoms with van der Waals surface area (Å²) in [7, 11) is 0. The second-order valence-electron chi connectivity index (χ2n) is 14.4. The first-order valence-corrected chi connectivity index (χ1v) is 35.6. The van der Waals surface area contributed by atoms with Gasteiger partial charge in [-0.1, -0.05) is 0 Å². The SMILES string of the molecule is c1ccc([PH](c2ccccc2)(c2ccccc2)[Pt]([PH](c2ccccc2)(c2ccccc2)c2ccccc2)[PH](c2ccccc2)(c2ccccc2)c2ccccc2)cc1. The summed E-state index contributed by atoms with van der Waals surface area (Å²) in [4.78, 5) is 0. The quantitative estimate of drug-likeness (QED) is 0.107. The van der Waals surface area contributed by atoms with Crippen LogP contribution in [-0.2, 0) is 15.8 Å². The molecule has 0 aliphatic carbocycles. The fourth-order valence-corrected chi connectivity index (χ4v) is 126. The summed E-state index contributed by atoms with van der Waals surface area (Å²) in [5, 5.41) is 4.06. The van der Waals surface area contributed by atoms with E-state index in [1.807, 2.05) is 0 Å². The molecular formula is C54H48P3Pt. The third-order valence-corrected chi connectivity index (χ3v) is 90.3. The molecule has 0 spiro atoms. The van der Waals surface area contributed by atoms with E-state index in [-0.39, 0.29) is 0 Å². The summed E-state index contributed by atoms with van der Waals surface area (Å²) in [6.45, 7) is 0. The summed E-state index contributed by atoms with van der Waals surface area (Å²) in [6.07, 6.45) is 0. The molecule has 0 saturated carbocycles. The van der Waals surface area contributed by atoms with Gasteiger partial charge in [-0.25, -0.2) is 0 Å². The van der Waals surface area contributed by atoms with Gasteiger partial charge < -0.3 is 0 Å². The van der Waals surface area contributed by atoms with Crippen molar-refractivity contribution < 1.29 is 15.8 Å². The Morgan fingerprint density at radius 3 is 0.362 bits per heavy atom. The van der Waals surface area contributed by atoms with E-state index >= 15 is 0 Å². The first-order chi connectivity index (χ1) is 28.8. The zero-order valence-corrected chi connectivity index (χ0v) is 37.6. The van der Waals surface area contributed by atoms with Crippen LogP contribution in [0.2, 0.25) is 0 Å². The van der Waals surface area contributed by atoms with Gasteiger partial charge in [0.15, 0.2) is 0 Å². The van der Waals surface area contributed by atoms with Crippen molar-refractivity contribution in [3.05, 3.63) is 273 Å². The Bertz CT molecular complexity index is 2040. The molecule has 58 heavy (non-hydrogen) atoms. The van der Waals surface area contributed by atoms with Gasteiger partial charge in [0.1, 0.15) is 0 Å². The van der Waals surface area contributed by atoms with Gasteiger partial charge in [-0.05, 0) is 0 Å². The molecule has 0 bridgehead atoms. The van der Waals surface area contributed by atoms with Crippen LogP contribution in [0, 0.1) is 0 Å². The minimum absolute atomic E-state index is 1.50. The van der Waals surface area contributed by atoms with E-state index in [1.165, 1.54) is 47.7 Å². The predicted molar refractivity (Wildman–Crippen MR) is 260 cm³/mol. The average molecular weight is 985 g/mol. The normalized spacial score (nSPS) is 12.9. The molecule has 0 aliphatic heterocycles. The van der Waals surface area contributed by atoms with Gasteiger partial charge >= 0.3 is 353 Å². The van der Waals surface area contributed by atoms with Gasteiger partial charge in [-0.3, -0.25) is 0 Å². The molecule has 0 heterocycles. The van der Waals surface area contributed by atoms with Crippen molar-refractivity contribution >= 4 is 63.8 Å². The van der Waals surface area contributed by atoms with E-state index in [1.54, 1.807) is 0 Å². The summed E-state index contributed by atoms with van der Waals surface area (Å²) >= 11 is -2.97. The standard InChI is InChI=1S/3C18H15P.Pt/c3*1-4-10-16(11-5-1)19(17-12-6-2-7-13-17)18-14-8-3-9-15-18;/h3*1-15H;/q;;;-3/p+3. The maximum absolute atomic E-state index is 3.14. The first-order valence-electron chi connectivity index (χ1n) is 19.9. The van der Waals surface area contributed by atoms with Gasteiger partial charge in [0.2, 0.25) is 0 Å². The Balaban J connectivity index is 1.68. The van der Waals surface area contributed by atoms with Crippen LogP contribution in [0.5, 0.6) is 0 Å². The van der Waals surface area contributed by atoms with E-state index in [0.29, 0.717) is 0 Å².